The molecule has 0 aromatic heterocycles. The number of benzene rings is 1. The van der Waals surface area contributed by atoms with Crippen LogP contribution in [-0.4, -0.2) is 43.7 Å². The number of rotatable bonds is 5. The van der Waals surface area contributed by atoms with Crippen LogP contribution in [0.1, 0.15) is 12.8 Å². The zero-order valence-corrected chi connectivity index (χ0v) is 13.8. The Bertz CT molecular complexity index is 576. The molecule has 1 amide bonds. The van der Waals surface area contributed by atoms with Crippen LogP contribution < -0.4 is 15.4 Å². The number of nitrogens with one attached hydrogen (secondary N) is 2. The SMILES string of the molecule is COc1ccc(NC(=O)C2(OC)CCNCC2)cc1[N+](=O)[O-].Cl. The number of anilines is 1. The Kier molecular flexibility index (Phi) is 6.74. The van der Waals surface area contributed by atoms with Crippen LogP contribution in [0, 0.1) is 10.1 Å². The molecule has 0 bridgehead atoms. The third kappa shape index (κ3) is 4.10. The summed E-state index contributed by atoms with van der Waals surface area (Å²) >= 11 is 0. The summed E-state index contributed by atoms with van der Waals surface area (Å²) in [5.41, 5.74) is -0.760. The number of piperidine rings is 1. The number of halogens is 1. The van der Waals surface area contributed by atoms with Crippen molar-refractivity contribution < 1.29 is 19.2 Å². The molecule has 9 heteroatoms. The van der Waals surface area contributed by atoms with Crippen molar-refractivity contribution in [3.8, 4) is 5.75 Å². The molecule has 0 unspecified atom stereocenters. The van der Waals surface area contributed by atoms with Gasteiger partial charge in [0.1, 0.15) is 5.60 Å². The fraction of sp³-hybridized carbons (Fsp3) is 0.500. The minimum absolute atomic E-state index is 0. The minimum atomic E-state index is -0.903. The highest BCUT2D eigenvalue weighted by Gasteiger charge is 2.39. The van der Waals surface area contributed by atoms with Crippen LogP contribution >= 0.6 is 12.4 Å². The predicted molar refractivity (Wildman–Crippen MR) is 87.4 cm³/mol. The van der Waals surface area contributed by atoms with E-state index in [2.05, 4.69) is 10.6 Å². The number of nitro groups is 1. The predicted octanol–water partition coefficient (Wildman–Crippen LogP) is 1.73. The summed E-state index contributed by atoms with van der Waals surface area (Å²) in [7, 11) is 2.86. The van der Waals surface area contributed by atoms with E-state index in [1.165, 1.54) is 26.4 Å². The summed E-state index contributed by atoms with van der Waals surface area (Å²) in [6.45, 7) is 1.37. The molecule has 1 saturated heterocycles. The lowest BCUT2D eigenvalue weighted by Crippen LogP contribution is -2.51. The van der Waals surface area contributed by atoms with Crippen molar-refractivity contribution in [1.82, 2.24) is 5.32 Å². The Hall–Kier alpha value is -1.90. The van der Waals surface area contributed by atoms with Crippen molar-refractivity contribution in [3.63, 3.8) is 0 Å². The third-order valence-electron chi connectivity index (χ3n) is 3.85. The van der Waals surface area contributed by atoms with Crippen LogP contribution in [0.3, 0.4) is 0 Å². The van der Waals surface area contributed by atoms with E-state index >= 15 is 0 Å². The summed E-state index contributed by atoms with van der Waals surface area (Å²) in [6, 6.07) is 4.30. The Morgan fingerprint density at radius 3 is 2.52 bits per heavy atom. The molecule has 1 heterocycles. The number of methoxy groups -OCH3 is 2. The van der Waals surface area contributed by atoms with Crippen LogP contribution in [-0.2, 0) is 9.53 Å². The van der Waals surface area contributed by atoms with Crippen LogP contribution in [0.5, 0.6) is 5.75 Å². The summed E-state index contributed by atoms with van der Waals surface area (Å²) in [4.78, 5) is 23.0. The Morgan fingerprint density at radius 1 is 1.35 bits per heavy atom. The van der Waals surface area contributed by atoms with Crippen molar-refractivity contribution in [2.24, 2.45) is 0 Å². The van der Waals surface area contributed by atoms with Crippen molar-refractivity contribution in [2.45, 2.75) is 18.4 Å². The van der Waals surface area contributed by atoms with Gasteiger partial charge in [-0.3, -0.25) is 14.9 Å². The topological polar surface area (TPSA) is 103 Å². The van der Waals surface area contributed by atoms with E-state index in [1.54, 1.807) is 6.07 Å². The first-order valence-corrected chi connectivity index (χ1v) is 6.92. The normalized spacial score (nSPS) is 16.1. The quantitative estimate of drug-likeness (QED) is 0.622. The van der Waals surface area contributed by atoms with E-state index in [4.69, 9.17) is 9.47 Å². The zero-order valence-electron chi connectivity index (χ0n) is 13.0. The molecule has 1 aliphatic rings. The molecule has 2 N–H and O–H groups in total. The lowest BCUT2D eigenvalue weighted by Gasteiger charge is -2.34. The van der Waals surface area contributed by atoms with Gasteiger partial charge in [-0.15, -0.1) is 12.4 Å². The average molecular weight is 346 g/mol. The molecule has 1 aliphatic heterocycles. The first-order chi connectivity index (χ1) is 10.5. The molecule has 0 spiro atoms. The number of nitro benzene ring substituents is 1. The average Bonchev–Trinajstić information content (AvgIpc) is 2.55. The minimum Gasteiger partial charge on any atom is -0.490 e. The molecule has 128 valence electrons. The molecule has 1 aromatic rings. The van der Waals surface area contributed by atoms with Gasteiger partial charge in [0.2, 0.25) is 0 Å². The van der Waals surface area contributed by atoms with Crippen LogP contribution in [0.2, 0.25) is 0 Å². The van der Waals surface area contributed by atoms with Gasteiger partial charge in [0.25, 0.3) is 5.91 Å². The number of carbonyl (C=O) groups excluding carboxylic acids is 1. The molecule has 0 atom stereocenters. The van der Waals surface area contributed by atoms with Gasteiger partial charge in [-0.25, -0.2) is 0 Å². The second-order valence-electron chi connectivity index (χ2n) is 5.05. The van der Waals surface area contributed by atoms with Gasteiger partial charge in [-0.05, 0) is 38.1 Å². The van der Waals surface area contributed by atoms with Crippen LogP contribution in [0.25, 0.3) is 0 Å². The fourth-order valence-corrected chi connectivity index (χ4v) is 2.51. The Labute approximate surface area is 140 Å². The molecular formula is C14H20ClN3O5. The number of nitrogens with zero attached hydrogens (tertiary/aromatic N) is 1. The van der Waals surface area contributed by atoms with Gasteiger partial charge in [0.15, 0.2) is 5.75 Å². The lowest BCUT2D eigenvalue weighted by molar-refractivity contribution is -0.385. The lowest BCUT2D eigenvalue weighted by atomic mass is 9.91. The van der Waals surface area contributed by atoms with E-state index in [0.29, 0.717) is 31.6 Å². The molecule has 0 saturated carbocycles. The van der Waals surface area contributed by atoms with Crippen molar-refractivity contribution in [2.75, 3.05) is 32.6 Å². The van der Waals surface area contributed by atoms with E-state index in [1.807, 2.05) is 0 Å². The van der Waals surface area contributed by atoms with E-state index in [9.17, 15) is 14.9 Å². The summed E-state index contributed by atoms with van der Waals surface area (Å²) in [5, 5.41) is 16.9. The molecule has 0 radical (unpaired) electrons. The summed E-state index contributed by atoms with van der Waals surface area (Å²) in [5.74, 6) is -0.151. The number of ether oxygens (including phenoxy) is 2. The number of hydrogen-bond donors (Lipinski definition) is 2. The smallest absolute Gasteiger partial charge is 0.312 e. The number of hydrogen-bond acceptors (Lipinski definition) is 6. The molecular weight excluding hydrogens is 326 g/mol. The maximum absolute atomic E-state index is 12.5. The van der Waals surface area contributed by atoms with Crippen LogP contribution in [0.4, 0.5) is 11.4 Å². The second kappa shape index (κ2) is 8.09. The standard InChI is InChI=1S/C14H19N3O5.ClH/c1-21-12-4-3-10(9-11(12)17(19)20)16-13(18)14(22-2)5-7-15-8-6-14;/h3-4,9,15H,5-8H2,1-2H3,(H,16,18);1H. The van der Waals surface area contributed by atoms with Crippen molar-refractivity contribution in [3.05, 3.63) is 28.3 Å². The van der Waals surface area contributed by atoms with E-state index < -0.39 is 10.5 Å². The number of carbonyl (C=O) groups is 1. The van der Waals surface area contributed by atoms with E-state index in [0.717, 1.165) is 0 Å². The molecule has 23 heavy (non-hydrogen) atoms. The highest BCUT2D eigenvalue weighted by Crippen LogP contribution is 2.31. The highest BCUT2D eigenvalue weighted by molar-refractivity contribution is 5.97. The fourth-order valence-electron chi connectivity index (χ4n) is 2.51. The van der Waals surface area contributed by atoms with Gasteiger partial charge in [0, 0.05) is 18.9 Å². The highest BCUT2D eigenvalue weighted by atomic mass is 35.5. The summed E-state index contributed by atoms with van der Waals surface area (Å²) in [6.07, 6.45) is 1.10. The van der Waals surface area contributed by atoms with Gasteiger partial charge >= 0.3 is 5.69 Å². The molecule has 0 aliphatic carbocycles. The largest absolute Gasteiger partial charge is 0.490 e. The summed E-state index contributed by atoms with van der Waals surface area (Å²) < 4.78 is 10.4. The van der Waals surface area contributed by atoms with Gasteiger partial charge < -0.3 is 20.1 Å². The van der Waals surface area contributed by atoms with Gasteiger partial charge in [-0.1, -0.05) is 0 Å². The van der Waals surface area contributed by atoms with E-state index in [-0.39, 0.29) is 29.8 Å². The Morgan fingerprint density at radius 2 is 2.00 bits per heavy atom. The zero-order chi connectivity index (χ0) is 16.2. The van der Waals surface area contributed by atoms with Gasteiger partial charge in [0.05, 0.1) is 12.0 Å². The molecule has 1 aromatic carbocycles. The number of amides is 1. The molecule has 1 fully saturated rings. The second-order valence-corrected chi connectivity index (χ2v) is 5.05. The van der Waals surface area contributed by atoms with Crippen molar-refractivity contribution >= 4 is 29.7 Å². The van der Waals surface area contributed by atoms with Gasteiger partial charge in [-0.2, -0.15) is 0 Å². The maximum Gasteiger partial charge on any atom is 0.312 e. The Balaban J connectivity index is 0.00000264. The van der Waals surface area contributed by atoms with Crippen molar-refractivity contribution in [1.29, 1.82) is 0 Å². The maximum atomic E-state index is 12.5. The molecule has 2 rings (SSSR count). The molecule has 8 nitrogen and oxygen atoms in total. The third-order valence-corrected chi connectivity index (χ3v) is 3.85. The van der Waals surface area contributed by atoms with Crippen LogP contribution in [0.15, 0.2) is 18.2 Å². The first-order valence-electron chi connectivity index (χ1n) is 6.92. The first kappa shape index (κ1) is 19.1. The monoisotopic (exact) mass is 345 g/mol.